The van der Waals surface area contributed by atoms with Crippen LogP contribution in [-0.2, 0) is 0 Å². The zero-order valence-electron chi connectivity index (χ0n) is 9.86. The van der Waals surface area contributed by atoms with Gasteiger partial charge in [0.25, 0.3) is 0 Å². The molecule has 2 aromatic rings. The second kappa shape index (κ2) is 4.33. The third kappa shape index (κ3) is 2.18. The molecule has 3 rings (SSSR count). The number of fused-ring (bicyclic) bond motifs is 1. The van der Waals surface area contributed by atoms with Gasteiger partial charge in [0.1, 0.15) is 0 Å². The van der Waals surface area contributed by atoms with E-state index in [4.69, 9.17) is 0 Å². The van der Waals surface area contributed by atoms with Gasteiger partial charge in [-0.05, 0) is 30.9 Å². The number of rotatable bonds is 3. The summed E-state index contributed by atoms with van der Waals surface area (Å²) in [5.41, 5.74) is 2.16. The highest BCUT2D eigenvalue weighted by Gasteiger charge is 2.28. The number of nitrogens with zero attached hydrogens (tertiary/aromatic N) is 2. The van der Waals surface area contributed by atoms with Crippen LogP contribution in [-0.4, -0.2) is 28.4 Å². The molecule has 17 heavy (non-hydrogen) atoms. The van der Waals surface area contributed by atoms with E-state index < -0.39 is 0 Å². The largest absolute Gasteiger partial charge is 0.345 e. The topological polar surface area (TPSA) is 31.9 Å². The minimum atomic E-state index is 0.733. The summed E-state index contributed by atoms with van der Waals surface area (Å²) in [5.74, 6) is 1.78. The molecular weight excluding hydrogens is 278 g/mol. The van der Waals surface area contributed by atoms with Gasteiger partial charge in [-0.2, -0.15) is 0 Å². The Bertz CT molecular complexity index is 483. The van der Waals surface area contributed by atoms with E-state index in [9.17, 15) is 0 Å². The lowest BCUT2D eigenvalue weighted by atomic mass is 9.85. The number of hydrogen-bond donors (Lipinski definition) is 1. The summed E-state index contributed by atoms with van der Waals surface area (Å²) in [5, 5.41) is 0. The molecule has 0 bridgehead atoms. The van der Waals surface area contributed by atoms with Crippen molar-refractivity contribution in [2.45, 2.75) is 17.7 Å². The van der Waals surface area contributed by atoms with Crippen molar-refractivity contribution < 1.29 is 0 Å². The van der Waals surface area contributed by atoms with Crippen molar-refractivity contribution in [1.82, 2.24) is 9.97 Å². The van der Waals surface area contributed by atoms with E-state index >= 15 is 0 Å². The molecule has 0 amide bonds. The van der Waals surface area contributed by atoms with Gasteiger partial charge in [0.2, 0.25) is 5.95 Å². The molecule has 0 unspecified atom stereocenters. The zero-order chi connectivity index (χ0) is 11.8. The van der Waals surface area contributed by atoms with Crippen LogP contribution in [0.2, 0.25) is 0 Å². The van der Waals surface area contributed by atoms with Gasteiger partial charge in [0, 0.05) is 18.4 Å². The highest BCUT2D eigenvalue weighted by molar-refractivity contribution is 9.09. The highest BCUT2D eigenvalue weighted by atomic mass is 79.9. The summed E-state index contributed by atoms with van der Waals surface area (Å²) in [6, 6.07) is 8.17. The molecule has 3 nitrogen and oxygen atoms in total. The van der Waals surface area contributed by atoms with Crippen LogP contribution >= 0.6 is 15.9 Å². The summed E-state index contributed by atoms with van der Waals surface area (Å²) in [4.78, 5) is 10.9. The first kappa shape index (κ1) is 11.1. The minimum Gasteiger partial charge on any atom is -0.345 e. The number of anilines is 1. The molecule has 0 atom stereocenters. The van der Waals surface area contributed by atoms with Crippen LogP contribution in [0.5, 0.6) is 0 Å². The van der Waals surface area contributed by atoms with E-state index in [2.05, 4.69) is 43.9 Å². The predicted molar refractivity (Wildman–Crippen MR) is 74.8 cm³/mol. The van der Waals surface area contributed by atoms with Crippen molar-refractivity contribution >= 4 is 32.9 Å². The smallest absolute Gasteiger partial charge is 0.203 e. The number of aromatic nitrogens is 2. The fraction of sp³-hybridized carbons (Fsp3) is 0.462. The molecule has 1 aliphatic carbocycles. The van der Waals surface area contributed by atoms with Crippen molar-refractivity contribution in [3.63, 3.8) is 0 Å². The van der Waals surface area contributed by atoms with E-state index in [0.717, 1.165) is 34.3 Å². The van der Waals surface area contributed by atoms with E-state index in [1.54, 1.807) is 0 Å². The summed E-state index contributed by atoms with van der Waals surface area (Å²) in [6.07, 6.45) is 2.56. The number of benzene rings is 1. The molecule has 1 saturated carbocycles. The van der Waals surface area contributed by atoms with Crippen molar-refractivity contribution in [2.75, 3.05) is 18.5 Å². The number of imidazole rings is 1. The summed E-state index contributed by atoms with van der Waals surface area (Å²) < 4.78 is 0. The molecular formula is C13H16BrN3. The molecule has 1 aromatic carbocycles. The fourth-order valence-corrected chi connectivity index (χ4v) is 3.45. The Kier molecular flexibility index (Phi) is 2.82. The van der Waals surface area contributed by atoms with Crippen LogP contribution in [0, 0.1) is 5.92 Å². The molecule has 4 heteroatoms. The van der Waals surface area contributed by atoms with Gasteiger partial charge in [0.05, 0.1) is 11.0 Å². The molecule has 1 N–H and O–H groups in total. The Morgan fingerprint density at radius 2 is 2.18 bits per heavy atom. The van der Waals surface area contributed by atoms with Gasteiger partial charge in [-0.25, -0.2) is 4.98 Å². The Balaban J connectivity index is 1.74. The van der Waals surface area contributed by atoms with Gasteiger partial charge < -0.3 is 9.88 Å². The maximum atomic E-state index is 4.60. The van der Waals surface area contributed by atoms with Crippen LogP contribution in [0.25, 0.3) is 11.0 Å². The number of alkyl halides is 1. The van der Waals surface area contributed by atoms with Crippen LogP contribution in [0.1, 0.15) is 12.8 Å². The van der Waals surface area contributed by atoms with Gasteiger partial charge in [-0.1, -0.05) is 28.1 Å². The average molecular weight is 294 g/mol. The van der Waals surface area contributed by atoms with E-state index in [0.29, 0.717) is 0 Å². The minimum absolute atomic E-state index is 0.733. The lowest BCUT2D eigenvalue weighted by Gasteiger charge is -2.34. The Labute approximate surface area is 109 Å². The van der Waals surface area contributed by atoms with Crippen molar-refractivity contribution in [1.29, 1.82) is 0 Å². The van der Waals surface area contributed by atoms with Crippen LogP contribution < -0.4 is 4.90 Å². The molecule has 1 aliphatic rings. The highest BCUT2D eigenvalue weighted by Crippen LogP contribution is 2.34. The SMILES string of the molecule is CN(CC1CC(Br)C1)c1nc2ccccc2[nH]1. The second-order valence-corrected chi connectivity index (χ2v) is 6.19. The van der Waals surface area contributed by atoms with E-state index in [-0.39, 0.29) is 0 Å². The number of halogens is 1. The normalized spacial score (nSPS) is 23.6. The Hall–Kier alpha value is -1.03. The zero-order valence-corrected chi connectivity index (χ0v) is 11.4. The second-order valence-electron chi connectivity index (χ2n) is 4.89. The molecule has 90 valence electrons. The number of para-hydroxylation sites is 2. The average Bonchev–Trinajstić information content (AvgIpc) is 2.70. The van der Waals surface area contributed by atoms with Gasteiger partial charge >= 0.3 is 0 Å². The maximum absolute atomic E-state index is 4.60. The molecule has 1 aromatic heterocycles. The fourth-order valence-electron chi connectivity index (χ4n) is 2.40. The molecule has 1 heterocycles. The lowest BCUT2D eigenvalue weighted by Crippen LogP contribution is -2.35. The first-order valence-electron chi connectivity index (χ1n) is 6.02. The number of aromatic amines is 1. The third-order valence-corrected chi connectivity index (χ3v) is 4.20. The lowest BCUT2D eigenvalue weighted by molar-refractivity contribution is 0.338. The van der Waals surface area contributed by atoms with Crippen molar-refractivity contribution in [3.05, 3.63) is 24.3 Å². The first-order valence-corrected chi connectivity index (χ1v) is 6.94. The molecule has 0 aliphatic heterocycles. The monoisotopic (exact) mass is 293 g/mol. The molecule has 0 spiro atoms. The third-order valence-electron chi connectivity index (χ3n) is 3.45. The van der Waals surface area contributed by atoms with Crippen molar-refractivity contribution in [2.24, 2.45) is 5.92 Å². The predicted octanol–water partition coefficient (Wildman–Crippen LogP) is 3.17. The first-order chi connectivity index (χ1) is 8.22. The van der Waals surface area contributed by atoms with Crippen LogP contribution in [0.3, 0.4) is 0 Å². The Morgan fingerprint density at radius 1 is 1.41 bits per heavy atom. The number of H-pyrrole nitrogens is 1. The maximum Gasteiger partial charge on any atom is 0.203 e. The van der Waals surface area contributed by atoms with Gasteiger partial charge in [-0.15, -0.1) is 0 Å². The molecule has 0 radical (unpaired) electrons. The Morgan fingerprint density at radius 3 is 2.88 bits per heavy atom. The quantitative estimate of drug-likeness (QED) is 0.882. The summed E-state index contributed by atoms with van der Waals surface area (Å²) in [6.45, 7) is 1.09. The number of hydrogen-bond acceptors (Lipinski definition) is 2. The standard InChI is InChI=1S/C13H16BrN3/c1-17(8-9-6-10(14)7-9)13-15-11-4-2-3-5-12(11)16-13/h2-5,9-10H,6-8H2,1H3,(H,15,16). The van der Waals surface area contributed by atoms with E-state index in [1.807, 2.05) is 18.2 Å². The van der Waals surface area contributed by atoms with Gasteiger partial charge in [0.15, 0.2) is 0 Å². The summed E-state index contributed by atoms with van der Waals surface area (Å²) >= 11 is 3.63. The molecule has 1 fully saturated rings. The van der Waals surface area contributed by atoms with Crippen LogP contribution in [0.4, 0.5) is 5.95 Å². The van der Waals surface area contributed by atoms with Crippen molar-refractivity contribution in [3.8, 4) is 0 Å². The number of nitrogens with one attached hydrogen (secondary N) is 1. The van der Waals surface area contributed by atoms with Gasteiger partial charge in [-0.3, -0.25) is 0 Å². The van der Waals surface area contributed by atoms with Crippen LogP contribution in [0.15, 0.2) is 24.3 Å². The summed E-state index contributed by atoms with van der Waals surface area (Å²) in [7, 11) is 2.11. The molecule has 0 saturated heterocycles. The van der Waals surface area contributed by atoms with E-state index in [1.165, 1.54) is 12.8 Å².